The average Bonchev–Trinajstić information content (AvgIpc) is 2.54. The van der Waals surface area contributed by atoms with Gasteiger partial charge >= 0.3 is 0 Å². The molecule has 2 rings (SSSR count). The van der Waals surface area contributed by atoms with E-state index in [1.54, 1.807) is 0 Å². The summed E-state index contributed by atoms with van der Waals surface area (Å²) in [6, 6.07) is 0. The number of aliphatic hydroxyl groups is 1. The van der Waals surface area contributed by atoms with Gasteiger partial charge in [-0.2, -0.15) is 5.10 Å². The van der Waals surface area contributed by atoms with Gasteiger partial charge < -0.3 is 10.8 Å². The van der Waals surface area contributed by atoms with Crippen molar-refractivity contribution in [3.63, 3.8) is 0 Å². The predicted octanol–water partition coefficient (Wildman–Crippen LogP) is 1.05. The second-order valence-corrected chi connectivity index (χ2v) is 4.54. The molecule has 0 saturated heterocycles. The fourth-order valence-corrected chi connectivity index (χ4v) is 2.59. The minimum Gasteiger partial charge on any atom is -0.375 e. The van der Waals surface area contributed by atoms with Gasteiger partial charge in [-0.1, -0.05) is 6.42 Å². The molecule has 2 atom stereocenters. The number of halogens is 2. The molecule has 0 bridgehead atoms. The van der Waals surface area contributed by atoms with Crippen LogP contribution in [0.2, 0.25) is 0 Å². The van der Waals surface area contributed by atoms with Crippen molar-refractivity contribution < 1.29 is 13.9 Å². The van der Waals surface area contributed by atoms with Crippen molar-refractivity contribution in [2.75, 3.05) is 0 Å². The zero-order valence-corrected chi connectivity index (χ0v) is 9.38. The van der Waals surface area contributed by atoms with Crippen molar-refractivity contribution in [2.24, 2.45) is 16.8 Å². The van der Waals surface area contributed by atoms with E-state index in [9.17, 15) is 13.9 Å². The zero-order chi connectivity index (χ0) is 11.9. The van der Waals surface area contributed by atoms with Gasteiger partial charge in [-0.05, 0) is 31.5 Å². The highest BCUT2D eigenvalue weighted by molar-refractivity contribution is 7.80. The lowest BCUT2D eigenvalue weighted by Crippen LogP contribution is -2.57. The molecule has 7 heteroatoms. The largest absolute Gasteiger partial charge is 0.375 e. The predicted molar refractivity (Wildman–Crippen MR) is 59.0 cm³/mol. The van der Waals surface area contributed by atoms with Crippen LogP contribution >= 0.6 is 12.2 Å². The van der Waals surface area contributed by atoms with Gasteiger partial charge in [0.05, 0.1) is 5.92 Å². The molecule has 16 heavy (non-hydrogen) atoms. The minimum absolute atomic E-state index is 0.315. The van der Waals surface area contributed by atoms with E-state index in [0.717, 1.165) is 12.8 Å². The Morgan fingerprint density at radius 2 is 2.31 bits per heavy atom. The number of hydrazone groups is 1. The van der Waals surface area contributed by atoms with Gasteiger partial charge in [0, 0.05) is 5.71 Å². The maximum absolute atomic E-state index is 13.0. The van der Waals surface area contributed by atoms with Crippen LogP contribution in [-0.2, 0) is 0 Å². The van der Waals surface area contributed by atoms with Crippen LogP contribution in [0, 0.1) is 5.92 Å². The van der Waals surface area contributed by atoms with Gasteiger partial charge in [0.1, 0.15) is 0 Å². The molecule has 1 aliphatic carbocycles. The van der Waals surface area contributed by atoms with Gasteiger partial charge in [-0.25, -0.2) is 13.8 Å². The summed E-state index contributed by atoms with van der Waals surface area (Å²) in [5.74, 6) is -0.650. The van der Waals surface area contributed by atoms with E-state index in [2.05, 4.69) is 17.3 Å². The van der Waals surface area contributed by atoms with Crippen LogP contribution in [0.5, 0.6) is 0 Å². The van der Waals surface area contributed by atoms with Crippen molar-refractivity contribution >= 4 is 23.0 Å². The zero-order valence-electron chi connectivity index (χ0n) is 8.57. The van der Waals surface area contributed by atoms with Crippen LogP contribution in [0.3, 0.4) is 0 Å². The number of hydrogen-bond donors (Lipinski definition) is 2. The first kappa shape index (κ1) is 11.7. The highest BCUT2D eigenvalue weighted by Crippen LogP contribution is 2.42. The molecule has 1 saturated carbocycles. The summed E-state index contributed by atoms with van der Waals surface area (Å²) in [6.45, 7) is 0. The third-order valence-corrected chi connectivity index (χ3v) is 3.36. The van der Waals surface area contributed by atoms with Gasteiger partial charge in [-0.3, -0.25) is 0 Å². The number of hydrogen-bond acceptors (Lipinski definition) is 3. The van der Waals surface area contributed by atoms with Crippen LogP contribution in [0.25, 0.3) is 0 Å². The maximum atomic E-state index is 13.0. The molecule has 3 N–H and O–H groups in total. The molecular weight excluding hydrogens is 236 g/mol. The molecular formula is C9H13F2N3OS. The molecule has 0 aromatic heterocycles. The number of alkyl halides is 2. The second kappa shape index (κ2) is 3.89. The summed E-state index contributed by atoms with van der Waals surface area (Å²) in [5.41, 5.74) is 3.56. The molecule has 0 aromatic carbocycles. The molecule has 2 aliphatic rings. The Morgan fingerprint density at radius 1 is 1.62 bits per heavy atom. The first-order valence-electron chi connectivity index (χ1n) is 5.15. The number of nitrogens with zero attached hydrogens (tertiary/aromatic N) is 2. The number of thiocarbonyl (C=S) groups is 1. The Kier molecular flexibility index (Phi) is 2.83. The Hall–Kier alpha value is -0.820. The van der Waals surface area contributed by atoms with Crippen molar-refractivity contribution in [3.05, 3.63) is 0 Å². The quantitative estimate of drug-likeness (QED) is 0.682. The van der Waals surface area contributed by atoms with E-state index in [0.29, 0.717) is 23.6 Å². The number of fused-ring (bicyclic) bond motifs is 1. The topological polar surface area (TPSA) is 61.8 Å². The molecule has 1 heterocycles. The maximum Gasteiger partial charge on any atom is 0.287 e. The summed E-state index contributed by atoms with van der Waals surface area (Å²) in [5, 5.41) is 14.4. The van der Waals surface area contributed by atoms with Crippen molar-refractivity contribution in [1.29, 1.82) is 0 Å². The number of rotatable bonds is 1. The van der Waals surface area contributed by atoms with Gasteiger partial charge in [0.25, 0.3) is 6.43 Å². The smallest absolute Gasteiger partial charge is 0.287 e. The molecule has 90 valence electrons. The van der Waals surface area contributed by atoms with E-state index in [1.807, 2.05) is 0 Å². The lowest BCUT2D eigenvalue weighted by Gasteiger charge is -2.36. The molecule has 0 radical (unpaired) electrons. The summed E-state index contributed by atoms with van der Waals surface area (Å²) in [7, 11) is 0. The van der Waals surface area contributed by atoms with Crippen LogP contribution in [0.1, 0.15) is 25.7 Å². The van der Waals surface area contributed by atoms with Crippen molar-refractivity contribution in [2.45, 2.75) is 37.8 Å². The van der Waals surface area contributed by atoms with E-state index in [1.165, 1.54) is 0 Å². The van der Waals surface area contributed by atoms with Crippen LogP contribution in [0.15, 0.2) is 5.10 Å². The number of nitrogens with two attached hydrogens (primary N) is 1. The summed E-state index contributed by atoms with van der Waals surface area (Å²) in [4.78, 5) is 0. The standard InChI is InChI=1S/C9H13F2N3OS/c10-7(11)9(15)5-3-1-2-4-6(5)13-14(9)8(12)16/h5,7,15H,1-4H2,(H2,12,16)/t5-,9+/m1/s1. The fourth-order valence-electron chi connectivity index (χ4n) is 2.40. The highest BCUT2D eigenvalue weighted by atomic mass is 32.1. The monoisotopic (exact) mass is 249 g/mol. The molecule has 0 aromatic rings. The van der Waals surface area contributed by atoms with Gasteiger partial charge in [0.2, 0.25) is 5.72 Å². The Balaban J connectivity index is 2.38. The highest BCUT2D eigenvalue weighted by Gasteiger charge is 2.57. The lowest BCUT2D eigenvalue weighted by molar-refractivity contribution is -0.180. The average molecular weight is 249 g/mol. The van der Waals surface area contributed by atoms with E-state index in [-0.39, 0.29) is 5.11 Å². The SMILES string of the molecule is NC(=S)N1N=C2CCCC[C@H]2[C@]1(O)C(F)F. The van der Waals surface area contributed by atoms with Crippen LogP contribution in [0.4, 0.5) is 8.78 Å². The second-order valence-electron chi connectivity index (χ2n) is 4.12. The van der Waals surface area contributed by atoms with E-state index >= 15 is 0 Å². The van der Waals surface area contributed by atoms with Crippen LogP contribution < -0.4 is 5.73 Å². The summed E-state index contributed by atoms with van der Waals surface area (Å²) >= 11 is 4.65. The van der Waals surface area contributed by atoms with E-state index < -0.39 is 18.1 Å². The summed E-state index contributed by atoms with van der Waals surface area (Å²) < 4.78 is 26.1. The van der Waals surface area contributed by atoms with Crippen LogP contribution in [-0.4, -0.2) is 33.1 Å². The van der Waals surface area contributed by atoms with Gasteiger partial charge in [-0.15, -0.1) is 0 Å². The Labute approximate surface area is 97.1 Å². The molecule has 1 fully saturated rings. The molecule has 0 spiro atoms. The normalized spacial score (nSPS) is 33.9. The molecule has 0 amide bonds. The van der Waals surface area contributed by atoms with Gasteiger partial charge in [0.15, 0.2) is 5.11 Å². The van der Waals surface area contributed by atoms with Crippen molar-refractivity contribution in [3.8, 4) is 0 Å². The Morgan fingerprint density at radius 3 is 2.88 bits per heavy atom. The van der Waals surface area contributed by atoms with Crippen molar-refractivity contribution in [1.82, 2.24) is 5.01 Å². The first-order valence-corrected chi connectivity index (χ1v) is 5.56. The third-order valence-electron chi connectivity index (χ3n) is 3.19. The fraction of sp³-hybridized carbons (Fsp3) is 0.778. The molecule has 0 unspecified atom stereocenters. The first-order chi connectivity index (χ1) is 7.48. The Bertz CT molecular complexity index is 350. The summed E-state index contributed by atoms with van der Waals surface area (Å²) in [6.07, 6.45) is -0.111. The lowest BCUT2D eigenvalue weighted by atomic mass is 9.81. The third kappa shape index (κ3) is 1.49. The molecule has 1 aliphatic heterocycles. The molecule has 4 nitrogen and oxygen atoms in total. The minimum atomic E-state index is -2.95. The van der Waals surface area contributed by atoms with E-state index in [4.69, 9.17) is 5.73 Å².